The lowest BCUT2D eigenvalue weighted by Crippen LogP contribution is -2.07. The van der Waals surface area contributed by atoms with Gasteiger partial charge in [0, 0.05) is 17.4 Å². The van der Waals surface area contributed by atoms with Gasteiger partial charge in [-0.15, -0.1) is 0 Å². The number of aromatic amines is 1. The molecule has 4 aromatic rings. The number of anilines is 1. The number of rotatable bonds is 4. The fourth-order valence-corrected chi connectivity index (χ4v) is 2.92. The van der Waals surface area contributed by atoms with E-state index >= 15 is 0 Å². The Bertz CT molecular complexity index is 1010. The van der Waals surface area contributed by atoms with Crippen molar-refractivity contribution in [2.75, 3.05) is 11.9 Å². The summed E-state index contributed by atoms with van der Waals surface area (Å²) in [5, 5.41) is 4.46. The molecule has 0 atom stereocenters. The molecule has 24 heavy (non-hydrogen) atoms. The fraction of sp³-hybridized carbons (Fsp3) is 0.158. The Labute approximate surface area is 138 Å². The van der Waals surface area contributed by atoms with Crippen molar-refractivity contribution in [1.82, 2.24) is 15.0 Å². The van der Waals surface area contributed by atoms with Gasteiger partial charge in [0.25, 0.3) is 0 Å². The highest BCUT2D eigenvalue weighted by Gasteiger charge is 2.10. The van der Waals surface area contributed by atoms with Crippen LogP contribution >= 0.6 is 0 Å². The zero-order valence-corrected chi connectivity index (χ0v) is 13.3. The van der Waals surface area contributed by atoms with Crippen molar-refractivity contribution in [1.29, 1.82) is 0 Å². The molecular weight excluding hydrogens is 303 g/mol. The lowest BCUT2D eigenvalue weighted by atomic mass is 10.1. The molecule has 2 heterocycles. The van der Waals surface area contributed by atoms with Crippen molar-refractivity contribution in [3.05, 3.63) is 65.7 Å². The molecule has 0 amide bonds. The standard InChI is InChI=1S/C19H17FN4/c1-12-2-7-16-15(10-12)17-18(24-16)19(23-11-22-17)21-9-8-13-3-5-14(20)6-4-13/h2-7,10-11,24H,8-9H2,1H3,(H,21,22,23). The van der Waals surface area contributed by atoms with Gasteiger partial charge in [-0.3, -0.25) is 0 Å². The zero-order valence-electron chi connectivity index (χ0n) is 13.3. The van der Waals surface area contributed by atoms with Crippen LogP contribution in [0.3, 0.4) is 0 Å². The van der Waals surface area contributed by atoms with Crippen LogP contribution in [0.5, 0.6) is 0 Å². The topological polar surface area (TPSA) is 53.6 Å². The first-order valence-corrected chi connectivity index (χ1v) is 7.92. The minimum Gasteiger partial charge on any atom is -0.368 e. The number of aromatic nitrogens is 3. The molecule has 0 saturated heterocycles. The molecule has 5 heteroatoms. The van der Waals surface area contributed by atoms with Gasteiger partial charge in [0.1, 0.15) is 23.2 Å². The summed E-state index contributed by atoms with van der Waals surface area (Å²) in [6, 6.07) is 12.8. The summed E-state index contributed by atoms with van der Waals surface area (Å²) >= 11 is 0. The maximum absolute atomic E-state index is 12.9. The number of hydrogen-bond donors (Lipinski definition) is 2. The predicted octanol–water partition coefficient (Wildman–Crippen LogP) is 4.21. The van der Waals surface area contributed by atoms with Crippen LogP contribution in [0, 0.1) is 12.7 Å². The monoisotopic (exact) mass is 320 g/mol. The molecule has 0 aliphatic heterocycles. The molecule has 0 radical (unpaired) electrons. The predicted molar refractivity (Wildman–Crippen MR) is 94.7 cm³/mol. The van der Waals surface area contributed by atoms with Crippen molar-refractivity contribution in [2.45, 2.75) is 13.3 Å². The highest BCUT2D eigenvalue weighted by Crippen LogP contribution is 2.27. The number of hydrogen-bond acceptors (Lipinski definition) is 3. The van der Waals surface area contributed by atoms with Crippen molar-refractivity contribution in [3.8, 4) is 0 Å². The molecule has 0 unspecified atom stereocenters. The number of benzene rings is 2. The second-order valence-electron chi connectivity index (χ2n) is 5.92. The lowest BCUT2D eigenvalue weighted by molar-refractivity contribution is 0.627. The molecule has 0 spiro atoms. The van der Waals surface area contributed by atoms with Gasteiger partial charge in [-0.05, 0) is 43.2 Å². The third kappa shape index (κ3) is 2.69. The number of halogens is 1. The molecule has 0 aliphatic carbocycles. The first kappa shape index (κ1) is 14.6. The molecule has 0 bridgehead atoms. The highest BCUT2D eigenvalue weighted by atomic mass is 19.1. The Hall–Kier alpha value is -2.95. The Morgan fingerprint density at radius 2 is 1.92 bits per heavy atom. The SMILES string of the molecule is Cc1ccc2[nH]c3c(NCCc4ccc(F)cc4)ncnc3c2c1. The summed E-state index contributed by atoms with van der Waals surface area (Å²) in [7, 11) is 0. The average molecular weight is 320 g/mol. The van der Waals surface area contributed by atoms with Gasteiger partial charge in [-0.1, -0.05) is 23.8 Å². The Kier molecular flexibility index (Phi) is 3.61. The van der Waals surface area contributed by atoms with Crippen LogP contribution in [0.25, 0.3) is 21.9 Å². The second kappa shape index (κ2) is 5.92. The third-order valence-electron chi connectivity index (χ3n) is 4.16. The van der Waals surface area contributed by atoms with Crippen LogP contribution in [0.4, 0.5) is 10.2 Å². The average Bonchev–Trinajstić information content (AvgIpc) is 2.95. The van der Waals surface area contributed by atoms with Gasteiger partial charge >= 0.3 is 0 Å². The van der Waals surface area contributed by atoms with Crippen LogP contribution in [-0.2, 0) is 6.42 Å². The van der Waals surface area contributed by atoms with E-state index in [9.17, 15) is 4.39 Å². The summed E-state index contributed by atoms with van der Waals surface area (Å²) in [6.45, 7) is 2.79. The summed E-state index contributed by atoms with van der Waals surface area (Å²) in [4.78, 5) is 12.2. The number of nitrogens with zero attached hydrogens (tertiary/aromatic N) is 2. The minimum atomic E-state index is -0.211. The van der Waals surface area contributed by atoms with Gasteiger partial charge in [-0.2, -0.15) is 0 Å². The molecule has 0 aliphatic rings. The fourth-order valence-electron chi connectivity index (χ4n) is 2.92. The van der Waals surface area contributed by atoms with E-state index in [0.717, 1.165) is 39.7 Å². The first-order chi connectivity index (χ1) is 11.7. The van der Waals surface area contributed by atoms with E-state index < -0.39 is 0 Å². The summed E-state index contributed by atoms with van der Waals surface area (Å²) in [5.74, 6) is 0.577. The molecule has 0 fully saturated rings. The number of H-pyrrole nitrogens is 1. The smallest absolute Gasteiger partial charge is 0.153 e. The van der Waals surface area contributed by atoms with Gasteiger partial charge in [0.2, 0.25) is 0 Å². The van der Waals surface area contributed by atoms with Crippen LogP contribution in [0.1, 0.15) is 11.1 Å². The van der Waals surface area contributed by atoms with Gasteiger partial charge < -0.3 is 10.3 Å². The molecule has 0 saturated carbocycles. The Morgan fingerprint density at radius 1 is 1.08 bits per heavy atom. The lowest BCUT2D eigenvalue weighted by Gasteiger charge is -2.06. The molecule has 2 N–H and O–H groups in total. The quantitative estimate of drug-likeness (QED) is 0.592. The summed E-state index contributed by atoms with van der Waals surface area (Å²) in [5.41, 5.74) is 5.18. The van der Waals surface area contributed by atoms with Crippen molar-refractivity contribution >= 4 is 27.8 Å². The van der Waals surface area contributed by atoms with Crippen LogP contribution < -0.4 is 5.32 Å². The van der Waals surface area contributed by atoms with Gasteiger partial charge in [0.15, 0.2) is 5.82 Å². The van der Waals surface area contributed by atoms with E-state index in [2.05, 4.69) is 45.4 Å². The number of fused-ring (bicyclic) bond motifs is 3. The van der Waals surface area contributed by atoms with E-state index in [-0.39, 0.29) is 5.82 Å². The maximum Gasteiger partial charge on any atom is 0.153 e. The van der Waals surface area contributed by atoms with E-state index in [1.54, 1.807) is 18.5 Å². The maximum atomic E-state index is 12.9. The Morgan fingerprint density at radius 3 is 2.75 bits per heavy atom. The van der Waals surface area contributed by atoms with Crippen LogP contribution in [0.2, 0.25) is 0 Å². The zero-order chi connectivity index (χ0) is 16.5. The summed E-state index contributed by atoms with van der Waals surface area (Å²) in [6.07, 6.45) is 2.38. The summed E-state index contributed by atoms with van der Waals surface area (Å²) < 4.78 is 12.9. The molecule has 4 nitrogen and oxygen atoms in total. The largest absolute Gasteiger partial charge is 0.368 e. The third-order valence-corrected chi connectivity index (χ3v) is 4.16. The molecule has 2 aromatic heterocycles. The highest BCUT2D eigenvalue weighted by molar-refractivity contribution is 6.08. The minimum absolute atomic E-state index is 0.211. The number of aryl methyl sites for hydroxylation is 1. The van der Waals surface area contributed by atoms with Gasteiger partial charge in [-0.25, -0.2) is 14.4 Å². The van der Waals surface area contributed by atoms with Gasteiger partial charge in [0.05, 0.1) is 0 Å². The first-order valence-electron chi connectivity index (χ1n) is 7.92. The van der Waals surface area contributed by atoms with E-state index in [4.69, 9.17) is 0 Å². The van der Waals surface area contributed by atoms with Crippen molar-refractivity contribution in [2.24, 2.45) is 0 Å². The van der Waals surface area contributed by atoms with Crippen LogP contribution in [0.15, 0.2) is 48.8 Å². The second-order valence-corrected chi connectivity index (χ2v) is 5.92. The molecule has 2 aromatic carbocycles. The molecular formula is C19H17FN4. The van der Waals surface area contributed by atoms with E-state index in [0.29, 0.717) is 6.54 Å². The van der Waals surface area contributed by atoms with Crippen molar-refractivity contribution in [3.63, 3.8) is 0 Å². The van der Waals surface area contributed by atoms with Crippen LogP contribution in [-0.4, -0.2) is 21.5 Å². The van der Waals surface area contributed by atoms with E-state index in [1.165, 1.54) is 17.7 Å². The molecule has 120 valence electrons. The Balaban J connectivity index is 1.60. The number of nitrogens with one attached hydrogen (secondary N) is 2. The molecule has 4 rings (SSSR count). The normalized spacial score (nSPS) is 11.2. The van der Waals surface area contributed by atoms with Crippen molar-refractivity contribution < 1.29 is 4.39 Å². The van der Waals surface area contributed by atoms with E-state index in [1.807, 2.05) is 0 Å².